The van der Waals surface area contributed by atoms with Gasteiger partial charge in [-0.3, -0.25) is 4.79 Å². The first-order chi connectivity index (χ1) is 10.6. The number of carbonyl (C=O) groups is 1. The maximum absolute atomic E-state index is 12.1. The summed E-state index contributed by atoms with van der Waals surface area (Å²) < 4.78 is 1.99. The molecular formula is C16H18N4OS. The van der Waals surface area contributed by atoms with E-state index in [2.05, 4.69) is 16.4 Å². The van der Waals surface area contributed by atoms with Gasteiger partial charge in [0.25, 0.3) is 0 Å². The predicted octanol–water partition coefficient (Wildman–Crippen LogP) is 2.62. The van der Waals surface area contributed by atoms with Crippen LogP contribution < -0.4 is 5.32 Å². The second-order valence-corrected chi connectivity index (χ2v) is 6.62. The van der Waals surface area contributed by atoms with Gasteiger partial charge < -0.3 is 9.88 Å². The first kappa shape index (κ1) is 14.9. The molecule has 1 aromatic carbocycles. The largest absolute Gasteiger partial charge is 0.337 e. The molecule has 22 heavy (non-hydrogen) atoms. The van der Waals surface area contributed by atoms with E-state index in [1.807, 2.05) is 35.9 Å². The Balaban J connectivity index is 1.65. The summed E-state index contributed by atoms with van der Waals surface area (Å²) in [6, 6.07) is 10.2. The zero-order chi connectivity index (χ0) is 15.6. The molecule has 0 spiro atoms. The number of fused-ring (bicyclic) bond motifs is 1. The van der Waals surface area contributed by atoms with Crippen molar-refractivity contribution in [1.29, 1.82) is 5.26 Å². The highest BCUT2D eigenvalue weighted by Gasteiger charge is 2.35. The molecule has 6 heteroatoms. The van der Waals surface area contributed by atoms with Gasteiger partial charge in [0.05, 0.1) is 22.9 Å². The molecule has 1 aliphatic carbocycles. The van der Waals surface area contributed by atoms with Crippen molar-refractivity contribution in [3.05, 3.63) is 24.3 Å². The second kappa shape index (κ2) is 6.01. The summed E-state index contributed by atoms with van der Waals surface area (Å²) >= 11 is 1.40. The van der Waals surface area contributed by atoms with Crippen molar-refractivity contribution in [2.75, 3.05) is 5.75 Å². The third-order valence-electron chi connectivity index (χ3n) is 4.13. The van der Waals surface area contributed by atoms with Gasteiger partial charge in [-0.25, -0.2) is 4.98 Å². The number of nitrogens with one attached hydrogen (secondary N) is 1. The van der Waals surface area contributed by atoms with Crippen LogP contribution in [0.3, 0.4) is 0 Å². The number of aryl methyl sites for hydroxylation is 1. The Labute approximate surface area is 133 Å². The van der Waals surface area contributed by atoms with Crippen molar-refractivity contribution >= 4 is 28.7 Å². The van der Waals surface area contributed by atoms with Gasteiger partial charge in [-0.2, -0.15) is 5.26 Å². The summed E-state index contributed by atoms with van der Waals surface area (Å²) in [5.41, 5.74) is 1.33. The molecule has 1 aromatic heterocycles. The second-order valence-electron chi connectivity index (χ2n) is 5.68. The average Bonchev–Trinajstić information content (AvgIpc) is 3.11. The quantitative estimate of drug-likeness (QED) is 0.881. The minimum Gasteiger partial charge on any atom is -0.337 e. The number of imidazole rings is 1. The van der Waals surface area contributed by atoms with Crippen molar-refractivity contribution in [2.45, 2.75) is 36.4 Å². The molecular weight excluding hydrogens is 296 g/mol. The highest BCUT2D eigenvalue weighted by Crippen LogP contribution is 2.29. The van der Waals surface area contributed by atoms with Gasteiger partial charge in [-0.05, 0) is 37.8 Å². The lowest BCUT2D eigenvalue weighted by Crippen LogP contribution is -2.45. The highest BCUT2D eigenvalue weighted by molar-refractivity contribution is 7.99. The van der Waals surface area contributed by atoms with Gasteiger partial charge in [0.15, 0.2) is 5.16 Å². The minimum atomic E-state index is -0.649. The Kier molecular flexibility index (Phi) is 4.08. The third kappa shape index (κ3) is 2.81. The molecule has 2 aromatic rings. The lowest BCUT2D eigenvalue weighted by Gasteiger charge is -2.21. The van der Waals surface area contributed by atoms with Crippen LogP contribution in [0.15, 0.2) is 29.4 Å². The first-order valence-corrected chi connectivity index (χ1v) is 8.39. The van der Waals surface area contributed by atoms with Gasteiger partial charge >= 0.3 is 0 Å². The number of amides is 1. The van der Waals surface area contributed by atoms with Crippen molar-refractivity contribution in [2.24, 2.45) is 7.05 Å². The number of aromatic nitrogens is 2. The fraction of sp³-hybridized carbons (Fsp3) is 0.438. The van der Waals surface area contributed by atoms with E-state index in [9.17, 15) is 10.1 Å². The van der Waals surface area contributed by atoms with Gasteiger partial charge in [-0.15, -0.1) is 0 Å². The van der Waals surface area contributed by atoms with Crippen LogP contribution in [-0.4, -0.2) is 26.8 Å². The van der Waals surface area contributed by atoms with Crippen LogP contribution in [0.25, 0.3) is 11.0 Å². The molecule has 0 bridgehead atoms. The monoisotopic (exact) mass is 314 g/mol. The Hall–Kier alpha value is -2.00. The zero-order valence-corrected chi connectivity index (χ0v) is 13.3. The number of hydrogen-bond donors (Lipinski definition) is 1. The summed E-state index contributed by atoms with van der Waals surface area (Å²) in [6.45, 7) is 0. The van der Waals surface area contributed by atoms with Crippen molar-refractivity contribution in [3.8, 4) is 6.07 Å². The highest BCUT2D eigenvalue weighted by atomic mass is 32.2. The van der Waals surface area contributed by atoms with E-state index >= 15 is 0 Å². The number of para-hydroxylation sites is 2. The van der Waals surface area contributed by atoms with Crippen LogP contribution in [0, 0.1) is 11.3 Å². The summed E-state index contributed by atoms with van der Waals surface area (Å²) in [6.07, 6.45) is 3.52. The van der Waals surface area contributed by atoms with Gasteiger partial charge in [-0.1, -0.05) is 23.9 Å². The van der Waals surface area contributed by atoms with Crippen LogP contribution in [-0.2, 0) is 11.8 Å². The SMILES string of the molecule is Cn1c(SCC(=O)NC2(C#N)CCCC2)nc2ccccc21. The summed E-state index contributed by atoms with van der Waals surface area (Å²) in [5.74, 6) is 0.182. The number of rotatable bonds is 4. The molecule has 1 amide bonds. The lowest BCUT2D eigenvalue weighted by molar-refractivity contribution is -0.119. The van der Waals surface area contributed by atoms with Crippen LogP contribution in [0.4, 0.5) is 0 Å². The molecule has 1 fully saturated rings. The number of benzene rings is 1. The van der Waals surface area contributed by atoms with Crippen molar-refractivity contribution in [1.82, 2.24) is 14.9 Å². The van der Waals surface area contributed by atoms with Crippen LogP contribution >= 0.6 is 11.8 Å². The maximum Gasteiger partial charge on any atom is 0.231 e. The predicted molar refractivity (Wildman–Crippen MR) is 86.4 cm³/mol. The number of hydrogen-bond acceptors (Lipinski definition) is 4. The minimum absolute atomic E-state index is 0.0968. The van der Waals surface area contributed by atoms with Crippen LogP contribution in [0.1, 0.15) is 25.7 Å². The number of thioether (sulfide) groups is 1. The van der Waals surface area contributed by atoms with Crippen molar-refractivity contribution < 1.29 is 4.79 Å². The van der Waals surface area contributed by atoms with E-state index in [0.717, 1.165) is 41.9 Å². The fourth-order valence-corrected chi connectivity index (χ4v) is 3.72. The first-order valence-electron chi connectivity index (χ1n) is 7.40. The number of nitriles is 1. The Morgan fingerprint density at radius 3 is 2.86 bits per heavy atom. The standard InChI is InChI=1S/C16H18N4OS/c1-20-13-7-3-2-6-12(13)18-15(20)22-10-14(21)19-16(11-17)8-4-5-9-16/h2-3,6-7H,4-5,8-10H2,1H3,(H,19,21). The molecule has 0 aliphatic heterocycles. The average molecular weight is 314 g/mol. The Morgan fingerprint density at radius 2 is 2.18 bits per heavy atom. The van der Waals surface area contributed by atoms with Gasteiger partial charge in [0.2, 0.25) is 5.91 Å². The summed E-state index contributed by atoms with van der Waals surface area (Å²) in [4.78, 5) is 16.7. The van der Waals surface area contributed by atoms with Crippen molar-refractivity contribution in [3.63, 3.8) is 0 Å². The van der Waals surface area contributed by atoms with E-state index in [0.29, 0.717) is 0 Å². The normalized spacial score (nSPS) is 16.5. The molecule has 1 heterocycles. The molecule has 114 valence electrons. The number of carbonyl (C=O) groups excluding carboxylic acids is 1. The number of nitrogens with zero attached hydrogens (tertiary/aromatic N) is 3. The van der Waals surface area contributed by atoms with E-state index in [1.54, 1.807) is 0 Å². The molecule has 1 N–H and O–H groups in total. The molecule has 0 radical (unpaired) electrons. The summed E-state index contributed by atoms with van der Waals surface area (Å²) in [5, 5.41) is 13.0. The molecule has 0 atom stereocenters. The lowest BCUT2D eigenvalue weighted by atomic mass is 10.0. The molecule has 5 nitrogen and oxygen atoms in total. The van der Waals surface area contributed by atoms with E-state index < -0.39 is 5.54 Å². The fourth-order valence-electron chi connectivity index (χ4n) is 2.93. The molecule has 0 unspecified atom stereocenters. The van der Waals surface area contributed by atoms with E-state index in [1.165, 1.54) is 11.8 Å². The topological polar surface area (TPSA) is 70.7 Å². The molecule has 0 saturated heterocycles. The smallest absolute Gasteiger partial charge is 0.231 e. The van der Waals surface area contributed by atoms with Gasteiger partial charge in [0.1, 0.15) is 5.54 Å². The van der Waals surface area contributed by atoms with E-state index in [-0.39, 0.29) is 11.7 Å². The Morgan fingerprint density at radius 1 is 1.45 bits per heavy atom. The molecule has 1 aliphatic rings. The van der Waals surface area contributed by atoms with Crippen LogP contribution in [0.5, 0.6) is 0 Å². The summed E-state index contributed by atoms with van der Waals surface area (Å²) in [7, 11) is 1.95. The Bertz CT molecular complexity index is 740. The van der Waals surface area contributed by atoms with Crippen LogP contribution in [0.2, 0.25) is 0 Å². The third-order valence-corrected chi connectivity index (χ3v) is 5.16. The van der Waals surface area contributed by atoms with Gasteiger partial charge in [0, 0.05) is 7.05 Å². The zero-order valence-electron chi connectivity index (χ0n) is 12.5. The molecule has 1 saturated carbocycles. The molecule has 3 rings (SSSR count). The maximum atomic E-state index is 12.1. The van der Waals surface area contributed by atoms with E-state index in [4.69, 9.17) is 0 Å².